The molecule has 0 N–H and O–H groups in total. The highest BCUT2D eigenvalue weighted by Crippen LogP contribution is 2.23. The van der Waals surface area contributed by atoms with Gasteiger partial charge in [0.2, 0.25) is 10.0 Å². The van der Waals surface area contributed by atoms with Gasteiger partial charge in [0, 0.05) is 36.6 Å². The fraction of sp³-hybridized carbons (Fsp3) is 0.273. The molecule has 4 rings (SSSR count). The highest BCUT2D eigenvalue weighted by atomic mass is 35.5. The number of halogens is 1. The van der Waals surface area contributed by atoms with Gasteiger partial charge in [-0.15, -0.1) is 0 Å². The average molecular weight is 444 g/mol. The van der Waals surface area contributed by atoms with Crippen LogP contribution < -0.4 is 0 Å². The molecule has 156 valence electrons. The van der Waals surface area contributed by atoms with E-state index in [0.717, 1.165) is 16.5 Å². The summed E-state index contributed by atoms with van der Waals surface area (Å²) in [4.78, 5) is 19.6. The van der Waals surface area contributed by atoms with Crippen molar-refractivity contribution in [1.82, 2.24) is 14.2 Å². The summed E-state index contributed by atoms with van der Waals surface area (Å²) < 4.78 is 27.2. The Morgan fingerprint density at radius 1 is 0.967 bits per heavy atom. The molecule has 1 aliphatic heterocycles. The Kier molecular flexibility index (Phi) is 5.53. The summed E-state index contributed by atoms with van der Waals surface area (Å²) >= 11 is 6.07. The van der Waals surface area contributed by atoms with Gasteiger partial charge in [-0.25, -0.2) is 8.42 Å². The number of fused-ring (bicyclic) bond motifs is 1. The molecule has 3 aromatic rings. The van der Waals surface area contributed by atoms with E-state index in [1.165, 1.54) is 4.31 Å². The number of rotatable bonds is 3. The highest BCUT2D eigenvalue weighted by molar-refractivity contribution is 7.89. The summed E-state index contributed by atoms with van der Waals surface area (Å²) in [7, 11) is -3.57. The molecular formula is C22H22ClN3O3S. The molecule has 1 fully saturated rings. The third kappa shape index (κ3) is 3.93. The Bertz CT molecular complexity index is 1220. The van der Waals surface area contributed by atoms with E-state index in [1.54, 1.807) is 54.3 Å². The minimum Gasteiger partial charge on any atom is -0.336 e. The predicted molar refractivity (Wildman–Crippen MR) is 117 cm³/mol. The lowest BCUT2D eigenvalue weighted by atomic mass is 10.1. The maximum absolute atomic E-state index is 13.1. The van der Waals surface area contributed by atoms with Crippen LogP contribution in [0.15, 0.2) is 53.4 Å². The fourth-order valence-corrected chi connectivity index (χ4v) is 5.22. The number of sulfonamides is 1. The van der Waals surface area contributed by atoms with Crippen LogP contribution in [-0.2, 0) is 10.0 Å². The van der Waals surface area contributed by atoms with E-state index in [4.69, 9.17) is 11.6 Å². The maximum Gasteiger partial charge on any atom is 0.255 e. The number of amides is 1. The van der Waals surface area contributed by atoms with Crippen LogP contribution in [-0.4, -0.2) is 54.7 Å². The number of piperazine rings is 1. The number of hydrogen-bond acceptors (Lipinski definition) is 4. The van der Waals surface area contributed by atoms with Gasteiger partial charge >= 0.3 is 0 Å². The number of aryl methyl sites for hydroxylation is 2. The fourth-order valence-electron chi connectivity index (χ4n) is 3.62. The van der Waals surface area contributed by atoms with Crippen LogP contribution in [0.2, 0.25) is 5.02 Å². The van der Waals surface area contributed by atoms with Gasteiger partial charge in [0.1, 0.15) is 0 Å². The zero-order valence-electron chi connectivity index (χ0n) is 16.8. The molecule has 0 bridgehead atoms. The van der Waals surface area contributed by atoms with Crippen LogP contribution in [0.25, 0.3) is 10.9 Å². The SMILES string of the molecule is Cc1ccc(S(=O)(=O)N2CCN(C(=O)c3cc4cc(Cl)ccc4nc3C)CC2)cc1. The van der Waals surface area contributed by atoms with Gasteiger partial charge < -0.3 is 4.90 Å². The molecule has 1 amide bonds. The summed E-state index contributed by atoms with van der Waals surface area (Å²) in [5, 5.41) is 1.39. The summed E-state index contributed by atoms with van der Waals surface area (Å²) in [6, 6.07) is 14.0. The van der Waals surface area contributed by atoms with Gasteiger partial charge in [0.15, 0.2) is 0 Å². The van der Waals surface area contributed by atoms with Crippen molar-refractivity contribution in [2.24, 2.45) is 0 Å². The number of carbonyl (C=O) groups excluding carboxylic acids is 1. The van der Waals surface area contributed by atoms with Crippen molar-refractivity contribution in [3.63, 3.8) is 0 Å². The highest BCUT2D eigenvalue weighted by Gasteiger charge is 2.31. The summed E-state index contributed by atoms with van der Waals surface area (Å²) in [6.07, 6.45) is 0. The van der Waals surface area contributed by atoms with Crippen LogP contribution in [0, 0.1) is 13.8 Å². The van der Waals surface area contributed by atoms with E-state index < -0.39 is 10.0 Å². The normalized spacial score (nSPS) is 15.5. The van der Waals surface area contributed by atoms with Crippen molar-refractivity contribution in [2.75, 3.05) is 26.2 Å². The van der Waals surface area contributed by atoms with E-state index in [9.17, 15) is 13.2 Å². The molecule has 1 aromatic heterocycles. The van der Waals surface area contributed by atoms with E-state index in [-0.39, 0.29) is 23.9 Å². The molecule has 6 nitrogen and oxygen atoms in total. The first-order valence-corrected chi connectivity index (χ1v) is 11.5. The van der Waals surface area contributed by atoms with Crippen molar-refractivity contribution in [3.8, 4) is 0 Å². The van der Waals surface area contributed by atoms with Gasteiger partial charge in [-0.1, -0.05) is 29.3 Å². The molecule has 1 saturated heterocycles. The van der Waals surface area contributed by atoms with Gasteiger partial charge in [0.05, 0.1) is 21.7 Å². The molecule has 8 heteroatoms. The maximum atomic E-state index is 13.1. The molecular weight excluding hydrogens is 422 g/mol. The summed E-state index contributed by atoms with van der Waals surface area (Å²) in [5.74, 6) is -0.144. The van der Waals surface area contributed by atoms with E-state index >= 15 is 0 Å². The molecule has 2 aromatic carbocycles. The topological polar surface area (TPSA) is 70.6 Å². The van der Waals surface area contributed by atoms with E-state index in [1.807, 2.05) is 13.0 Å². The van der Waals surface area contributed by atoms with Crippen LogP contribution in [0.5, 0.6) is 0 Å². The molecule has 30 heavy (non-hydrogen) atoms. The molecule has 2 heterocycles. The lowest BCUT2D eigenvalue weighted by molar-refractivity contribution is 0.0697. The smallest absolute Gasteiger partial charge is 0.255 e. The van der Waals surface area contributed by atoms with Crippen molar-refractivity contribution >= 4 is 38.4 Å². The second kappa shape index (κ2) is 7.98. The number of carbonyl (C=O) groups is 1. The predicted octanol–water partition coefficient (Wildman–Crippen LogP) is 3.65. The number of aromatic nitrogens is 1. The Hall–Kier alpha value is -2.48. The van der Waals surface area contributed by atoms with Crippen molar-refractivity contribution in [1.29, 1.82) is 0 Å². The molecule has 0 radical (unpaired) electrons. The third-order valence-electron chi connectivity index (χ3n) is 5.38. The lowest BCUT2D eigenvalue weighted by Crippen LogP contribution is -2.50. The molecule has 1 aliphatic rings. The van der Waals surface area contributed by atoms with E-state index in [0.29, 0.717) is 29.4 Å². The monoisotopic (exact) mass is 443 g/mol. The van der Waals surface area contributed by atoms with Gasteiger partial charge in [-0.2, -0.15) is 4.31 Å². The van der Waals surface area contributed by atoms with Crippen LogP contribution in [0.3, 0.4) is 0 Å². The Labute approximate surface area is 181 Å². The molecule has 0 atom stereocenters. The number of pyridine rings is 1. The lowest BCUT2D eigenvalue weighted by Gasteiger charge is -2.34. The van der Waals surface area contributed by atoms with Gasteiger partial charge in [0.25, 0.3) is 5.91 Å². The second-order valence-electron chi connectivity index (χ2n) is 7.47. The quantitative estimate of drug-likeness (QED) is 0.619. The van der Waals surface area contributed by atoms with Crippen LogP contribution >= 0.6 is 11.6 Å². The largest absolute Gasteiger partial charge is 0.336 e. The summed E-state index contributed by atoms with van der Waals surface area (Å²) in [6.45, 7) is 4.90. The Morgan fingerprint density at radius 3 is 2.30 bits per heavy atom. The molecule has 0 aliphatic carbocycles. The van der Waals surface area contributed by atoms with Gasteiger partial charge in [-0.3, -0.25) is 9.78 Å². The zero-order valence-corrected chi connectivity index (χ0v) is 18.4. The van der Waals surface area contributed by atoms with Crippen LogP contribution in [0.4, 0.5) is 0 Å². The van der Waals surface area contributed by atoms with Crippen LogP contribution in [0.1, 0.15) is 21.6 Å². The van der Waals surface area contributed by atoms with Crippen molar-refractivity contribution in [3.05, 3.63) is 70.4 Å². The van der Waals surface area contributed by atoms with E-state index in [2.05, 4.69) is 4.98 Å². The Morgan fingerprint density at radius 2 is 1.63 bits per heavy atom. The first-order chi connectivity index (χ1) is 14.3. The Balaban J connectivity index is 1.51. The first kappa shape index (κ1) is 20.8. The van der Waals surface area contributed by atoms with Gasteiger partial charge in [-0.05, 0) is 50.2 Å². The zero-order chi connectivity index (χ0) is 21.5. The molecule has 0 spiro atoms. The summed E-state index contributed by atoms with van der Waals surface area (Å²) in [5.41, 5.74) is 2.94. The minimum atomic E-state index is -3.57. The van der Waals surface area contributed by atoms with Crippen molar-refractivity contribution in [2.45, 2.75) is 18.7 Å². The average Bonchev–Trinajstić information content (AvgIpc) is 2.73. The third-order valence-corrected chi connectivity index (χ3v) is 7.53. The standard InChI is InChI=1S/C22H22ClN3O3S/c1-15-3-6-19(7-4-15)30(28,29)26-11-9-25(10-12-26)22(27)20-14-17-13-18(23)5-8-21(17)24-16(20)2/h3-8,13-14H,9-12H2,1-2H3. The second-order valence-corrected chi connectivity index (χ2v) is 9.84. The minimum absolute atomic E-state index is 0.144. The first-order valence-electron chi connectivity index (χ1n) is 9.69. The number of nitrogens with zero attached hydrogens (tertiary/aromatic N) is 3. The van der Waals surface area contributed by atoms with Crippen molar-refractivity contribution < 1.29 is 13.2 Å². The number of benzene rings is 2. The number of hydrogen-bond donors (Lipinski definition) is 0. The molecule has 0 saturated carbocycles. The molecule has 0 unspecified atom stereocenters.